The predicted molar refractivity (Wildman–Crippen MR) is 302 cm³/mol. The highest BCUT2D eigenvalue weighted by molar-refractivity contribution is 7.52. The molecule has 0 aliphatic heterocycles. The standard InChI is InChI=1S/C26H23ClF3N5O.C24H24ClN5.C4H3F3O3.CH4.ClH.2O2S/c27-21-14-31-25(33-17-8-6-7-16(13-17)32-24(36)26(28,29)30)34-23(21)20-15-35(18-9-2-1-3-10-18)22-12-5-4-11-19(20)22;25-21-14-27-24(28-17-8-6-7-16(26)13-17)29-23(21)20-15-30(18-9-2-1-3-10-18)22-12-5-4-11-19(20)22;1-2(8)10-3(9)4(5,6)7;;;2*1-3-2/h1-5,9-12,14-17H,6-8,13H2,(H,32,36)(H,31,33,34);1-5,9-12,14-17H,6-8,13,26H2,(H,27,28,29);1H3;1H4;1H;;/t16-,17+;16?,17-;;;;;/m01...../s1. The van der Waals surface area contributed by atoms with Crippen molar-refractivity contribution in [3.63, 3.8) is 0 Å². The van der Waals surface area contributed by atoms with E-state index in [0.29, 0.717) is 65.9 Å². The molecule has 0 bridgehead atoms. The Bertz CT molecular complexity index is 3550. The molecule has 6 N–H and O–H groups in total. The minimum atomic E-state index is -5.09. The smallest absolute Gasteiger partial charge is 0.491 e. The number of quaternary nitrogens is 1. The molecule has 1 unspecified atom stereocenters. The van der Waals surface area contributed by atoms with Gasteiger partial charge in [-0.05, 0) is 81.3 Å². The number of hydrogen-bond donors (Lipinski definition) is 4. The van der Waals surface area contributed by atoms with Gasteiger partial charge in [-0.25, -0.2) is 24.7 Å². The van der Waals surface area contributed by atoms with Crippen LogP contribution in [0.1, 0.15) is 65.7 Å². The predicted octanol–water partition coefficient (Wildman–Crippen LogP) is 7.79. The molecule has 4 heterocycles. The number of para-hydroxylation sites is 4. The number of ether oxygens (including phenoxy) is 1. The summed E-state index contributed by atoms with van der Waals surface area (Å²) in [6, 6.07) is 36.6. The lowest BCUT2D eigenvalue weighted by molar-refractivity contribution is -0.425. The zero-order valence-corrected chi connectivity index (χ0v) is 47.4. The van der Waals surface area contributed by atoms with Crippen LogP contribution in [0.25, 0.3) is 55.7 Å². The first kappa shape index (κ1) is 68.9. The normalized spacial score (nSPS) is 16.2. The maximum absolute atomic E-state index is 12.7. The Balaban J connectivity index is 0.000000284. The zero-order chi connectivity index (χ0) is 59.6. The van der Waals surface area contributed by atoms with Gasteiger partial charge in [0, 0.05) is 77.1 Å². The zero-order valence-electron chi connectivity index (χ0n) is 43.5. The van der Waals surface area contributed by atoms with Crippen molar-refractivity contribution in [2.24, 2.45) is 0 Å². The number of esters is 2. The summed E-state index contributed by atoms with van der Waals surface area (Å²) in [7, 11) is 0. The monoisotopic (exact) mass is 1270 g/mol. The molecule has 29 heteroatoms. The van der Waals surface area contributed by atoms with Gasteiger partial charge in [0.15, 0.2) is 0 Å². The van der Waals surface area contributed by atoms with Gasteiger partial charge in [0.2, 0.25) is 11.9 Å². The molecular weight excluding hydrogens is 1210 g/mol. The third kappa shape index (κ3) is 19.2. The summed E-state index contributed by atoms with van der Waals surface area (Å²) in [5.41, 5.74) is 11.6. The van der Waals surface area contributed by atoms with Gasteiger partial charge in [-0.15, -0.1) is 0 Å². The van der Waals surface area contributed by atoms with Crippen LogP contribution < -0.4 is 34.1 Å². The second-order valence-electron chi connectivity index (χ2n) is 18.4. The van der Waals surface area contributed by atoms with Crippen LogP contribution >= 0.6 is 23.2 Å². The average molecular weight is 1270 g/mol. The number of aromatic nitrogens is 6. The Labute approximate surface area is 500 Å². The highest BCUT2D eigenvalue weighted by Crippen LogP contribution is 2.38. The van der Waals surface area contributed by atoms with E-state index in [1.165, 1.54) is 19.0 Å². The van der Waals surface area contributed by atoms with E-state index in [-0.39, 0.29) is 25.9 Å². The summed E-state index contributed by atoms with van der Waals surface area (Å²) in [6.45, 7) is 0.712. The van der Waals surface area contributed by atoms with Crippen molar-refractivity contribution >= 4 is 97.9 Å². The van der Waals surface area contributed by atoms with Crippen molar-refractivity contribution in [2.45, 2.75) is 102 Å². The fourth-order valence-electron chi connectivity index (χ4n) is 9.29. The van der Waals surface area contributed by atoms with E-state index < -0.39 is 59.4 Å². The summed E-state index contributed by atoms with van der Waals surface area (Å²) >= 11 is 11.6. The number of benzene rings is 4. The second kappa shape index (κ2) is 32.4. The van der Waals surface area contributed by atoms with Gasteiger partial charge in [0.1, 0.15) is 0 Å². The molecule has 2 aliphatic carbocycles. The maximum Gasteiger partial charge on any atom is 0.491 e. The highest BCUT2D eigenvalue weighted by atomic mass is 35.5. The van der Waals surface area contributed by atoms with Crippen LogP contribution in [-0.2, 0) is 42.3 Å². The molecule has 2 aliphatic rings. The number of carbonyl (C=O) groups excluding carboxylic acids is 3. The first-order chi connectivity index (χ1) is 39.1. The number of carbonyl (C=O) groups is 3. The number of amides is 1. The summed E-state index contributed by atoms with van der Waals surface area (Å²) in [5.74, 6) is -4.71. The van der Waals surface area contributed by atoms with Crippen molar-refractivity contribution in [3.05, 3.63) is 144 Å². The van der Waals surface area contributed by atoms with Gasteiger partial charge in [0.25, 0.3) is 0 Å². The molecule has 10 rings (SSSR count). The molecule has 2 saturated carbocycles. The van der Waals surface area contributed by atoms with Crippen LogP contribution in [-0.4, -0.2) is 100 Å². The van der Waals surface area contributed by atoms with Gasteiger partial charge in [-0.2, -0.15) is 43.2 Å². The van der Waals surface area contributed by atoms with Gasteiger partial charge >= 0.3 is 53.3 Å². The third-order valence-electron chi connectivity index (χ3n) is 12.7. The van der Waals surface area contributed by atoms with E-state index in [2.05, 4.69) is 87.0 Å². The molecule has 8 aromatic rings. The third-order valence-corrected chi connectivity index (χ3v) is 13.2. The lowest BCUT2D eigenvalue weighted by Crippen LogP contribution is -3.00. The number of hydrogen-bond acceptors (Lipinski definition) is 14. The van der Waals surface area contributed by atoms with Gasteiger partial charge < -0.3 is 48.0 Å². The lowest BCUT2D eigenvalue weighted by atomic mass is 9.91. The molecular formula is C55H55Cl3F6N10O8S2. The van der Waals surface area contributed by atoms with E-state index in [1.807, 2.05) is 85.1 Å². The van der Waals surface area contributed by atoms with Crippen molar-refractivity contribution in [3.8, 4) is 33.9 Å². The van der Waals surface area contributed by atoms with Gasteiger partial charge in [-0.3, -0.25) is 9.59 Å². The number of rotatable bonds is 9. The number of fused-ring (bicyclic) bond motifs is 2. The molecule has 4 aromatic heterocycles. The van der Waals surface area contributed by atoms with Gasteiger partial charge in [-0.1, -0.05) is 103 Å². The molecule has 0 spiro atoms. The van der Waals surface area contributed by atoms with Crippen LogP contribution in [0.2, 0.25) is 10.0 Å². The Morgan fingerprint density at radius 2 is 1.00 bits per heavy atom. The first-order valence-corrected chi connectivity index (χ1v) is 27.0. The summed E-state index contributed by atoms with van der Waals surface area (Å²) < 4.78 is 112. The lowest BCUT2D eigenvalue weighted by Gasteiger charge is -2.30. The van der Waals surface area contributed by atoms with E-state index in [4.69, 9.17) is 45.0 Å². The number of nitrogens with one attached hydrogen (secondary N) is 3. The van der Waals surface area contributed by atoms with E-state index >= 15 is 0 Å². The molecule has 84 heavy (non-hydrogen) atoms. The molecule has 1 amide bonds. The van der Waals surface area contributed by atoms with E-state index in [0.717, 1.165) is 69.3 Å². The fourth-order valence-corrected chi connectivity index (χ4v) is 9.67. The summed E-state index contributed by atoms with van der Waals surface area (Å²) in [4.78, 5) is 49.1. The first-order valence-electron chi connectivity index (χ1n) is 24.9. The topological polar surface area (TPSA) is 254 Å². The molecule has 0 saturated heterocycles. The van der Waals surface area contributed by atoms with Gasteiger partial charge in [0.05, 0.1) is 50.9 Å². The van der Waals surface area contributed by atoms with Crippen LogP contribution in [0.4, 0.5) is 38.2 Å². The van der Waals surface area contributed by atoms with Crippen LogP contribution in [0, 0.1) is 0 Å². The van der Waals surface area contributed by atoms with Crippen LogP contribution in [0.3, 0.4) is 0 Å². The minimum absolute atomic E-state index is 0. The van der Waals surface area contributed by atoms with Crippen LogP contribution in [0.5, 0.6) is 0 Å². The summed E-state index contributed by atoms with van der Waals surface area (Å²) in [6.07, 6.45) is 4.14. The highest BCUT2D eigenvalue weighted by Gasteiger charge is 2.42. The largest absolute Gasteiger partial charge is 1.00 e. The quantitative estimate of drug-likeness (QED) is 0.0612. The van der Waals surface area contributed by atoms with Crippen LogP contribution in [0.15, 0.2) is 134 Å². The van der Waals surface area contributed by atoms with Crippen molar-refractivity contribution < 1.29 is 80.4 Å². The number of alkyl halides is 6. The molecule has 2 fully saturated rings. The Hall–Kier alpha value is -7.62. The van der Waals surface area contributed by atoms with Crippen molar-refractivity contribution in [1.82, 2.24) is 34.4 Å². The molecule has 4 atom stereocenters. The number of nitrogens with zero attached hydrogens (tertiary/aromatic N) is 6. The maximum atomic E-state index is 12.7. The minimum Gasteiger partial charge on any atom is -1.00 e. The van der Waals surface area contributed by atoms with Crippen molar-refractivity contribution in [2.75, 3.05) is 10.6 Å². The molecule has 448 valence electrons. The fraction of sp³-hybridized carbons (Fsp3) is 0.291. The molecule has 0 radical (unpaired) electrons. The summed E-state index contributed by atoms with van der Waals surface area (Å²) in [5, 5.41) is 11.8. The van der Waals surface area contributed by atoms with E-state index in [9.17, 15) is 40.7 Å². The molecule has 18 nitrogen and oxygen atoms in total. The SMILES string of the molecule is C.CC(=O)OC(=O)C(F)(F)F.O=C(N[C@H]1CCC[C@@H](Nc2ncc(Cl)c(-c3cn(-c4ccccc4)c4ccccc34)n2)C1)C(F)(F)F.O=S=O.O=S=O.[Cl-].[NH3+]C1CCC[C@@H](Nc2ncc(Cl)c(-c3cn(-c4ccccc4)c4ccccc34)n2)C1. The van der Waals surface area contributed by atoms with Crippen molar-refractivity contribution in [1.29, 1.82) is 0 Å². The Morgan fingerprint density at radius 3 is 1.39 bits per heavy atom. The number of halogens is 9. The van der Waals surface area contributed by atoms with E-state index in [1.54, 1.807) is 6.20 Å². The average Bonchev–Trinajstić information content (AvgIpc) is 2.16. The second-order valence-corrected chi connectivity index (χ2v) is 19.5. The Morgan fingerprint density at radius 1 is 0.607 bits per heavy atom. The molecule has 4 aromatic carbocycles. The number of anilines is 2. The Kier molecular flexibility index (Phi) is 26.6.